The second-order valence-electron chi connectivity index (χ2n) is 6.40. The minimum Gasteiger partial charge on any atom is -0.457 e. The molecule has 1 fully saturated rings. The van der Waals surface area contributed by atoms with Gasteiger partial charge in [-0.25, -0.2) is 0 Å². The molecule has 146 valence electrons. The van der Waals surface area contributed by atoms with Crippen molar-refractivity contribution >= 4 is 63.5 Å². The van der Waals surface area contributed by atoms with Crippen LogP contribution in [0.2, 0.25) is 10.0 Å². The number of benzene rings is 2. The second-order valence-corrected chi connectivity index (χ2v) is 8.89. The van der Waals surface area contributed by atoms with Crippen molar-refractivity contribution in [3.63, 3.8) is 0 Å². The lowest BCUT2D eigenvalue weighted by Crippen LogP contribution is -2.30. The average Bonchev–Trinajstić information content (AvgIpc) is 3.28. The van der Waals surface area contributed by atoms with Crippen molar-refractivity contribution in [3.8, 4) is 11.3 Å². The van der Waals surface area contributed by atoms with Gasteiger partial charge in [0.25, 0.3) is 5.91 Å². The third-order valence-electron chi connectivity index (χ3n) is 4.44. The molecule has 1 aliphatic rings. The lowest BCUT2D eigenvalue weighted by Gasteiger charge is -2.14. The molecule has 0 radical (unpaired) electrons. The normalized spacial score (nSPS) is 15.5. The monoisotopic (exact) mass is 459 g/mol. The first kappa shape index (κ1) is 20.2. The number of hydrogen-bond donors (Lipinski definition) is 0. The zero-order chi connectivity index (χ0) is 20.4. The van der Waals surface area contributed by atoms with Crippen LogP contribution in [0.5, 0.6) is 0 Å². The van der Waals surface area contributed by atoms with Gasteiger partial charge in [-0.05, 0) is 42.3 Å². The van der Waals surface area contributed by atoms with Gasteiger partial charge in [0, 0.05) is 18.2 Å². The molecule has 29 heavy (non-hydrogen) atoms. The van der Waals surface area contributed by atoms with Crippen LogP contribution >= 0.6 is 47.2 Å². The molecule has 7 heteroatoms. The summed E-state index contributed by atoms with van der Waals surface area (Å²) in [6.45, 7) is 0.554. The van der Waals surface area contributed by atoms with Crippen molar-refractivity contribution in [1.29, 1.82) is 0 Å². The van der Waals surface area contributed by atoms with Gasteiger partial charge in [-0.15, -0.1) is 0 Å². The van der Waals surface area contributed by atoms with E-state index < -0.39 is 0 Å². The number of nitrogens with zero attached hydrogens (tertiary/aromatic N) is 1. The predicted octanol–water partition coefficient (Wildman–Crippen LogP) is 6.70. The average molecular weight is 460 g/mol. The highest BCUT2D eigenvalue weighted by Gasteiger charge is 2.31. The highest BCUT2D eigenvalue weighted by Crippen LogP contribution is 2.34. The number of carbonyl (C=O) groups is 1. The Hall–Kier alpha value is -2.05. The van der Waals surface area contributed by atoms with E-state index in [9.17, 15) is 4.79 Å². The third kappa shape index (κ3) is 4.59. The first-order chi connectivity index (χ1) is 14.0. The Morgan fingerprint density at radius 1 is 1.03 bits per heavy atom. The van der Waals surface area contributed by atoms with Gasteiger partial charge in [0.1, 0.15) is 15.8 Å². The Morgan fingerprint density at radius 2 is 1.83 bits per heavy atom. The standard InChI is InChI=1S/C22H15Cl2NO2S2/c23-17-8-6-15(12-18(17)24)19-9-7-16(27-19)13-20-21(26)25(22(28)29-20)11-10-14-4-2-1-3-5-14/h1-9,12-13H,10-11H2. The highest BCUT2D eigenvalue weighted by atomic mass is 35.5. The number of thioether (sulfide) groups is 1. The van der Waals surface area contributed by atoms with Gasteiger partial charge in [0.15, 0.2) is 0 Å². The van der Waals surface area contributed by atoms with E-state index in [-0.39, 0.29) is 5.91 Å². The highest BCUT2D eigenvalue weighted by molar-refractivity contribution is 8.26. The van der Waals surface area contributed by atoms with E-state index in [1.54, 1.807) is 23.1 Å². The lowest BCUT2D eigenvalue weighted by molar-refractivity contribution is -0.122. The van der Waals surface area contributed by atoms with Gasteiger partial charge in [0.05, 0.1) is 15.0 Å². The first-order valence-corrected chi connectivity index (χ1v) is 10.8. The molecule has 0 bridgehead atoms. The molecule has 1 aromatic heterocycles. The Kier molecular flexibility index (Phi) is 6.11. The molecule has 0 unspecified atom stereocenters. The molecule has 0 atom stereocenters. The van der Waals surface area contributed by atoms with Crippen molar-refractivity contribution < 1.29 is 9.21 Å². The second kappa shape index (κ2) is 8.76. The molecule has 0 N–H and O–H groups in total. The summed E-state index contributed by atoms with van der Waals surface area (Å²) in [6.07, 6.45) is 2.48. The molecule has 0 spiro atoms. The number of amides is 1. The quantitative estimate of drug-likeness (QED) is 0.314. The van der Waals surface area contributed by atoms with Gasteiger partial charge in [-0.3, -0.25) is 9.69 Å². The summed E-state index contributed by atoms with van der Waals surface area (Å²) in [5.74, 6) is 1.13. The minimum atomic E-state index is -0.0941. The van der Waals surface area contributed by atoms with E-state index in [1.165, 1.54) is 17.3 Å². The van der Waals surface area contributed by atoms with E-state index in [4.69, 9.17) is 39.8 Å². The third-order valence-corrected chi connectivity index (χ3v) is 6.56. The topological polar surface area (TPSA) is 33.5 Å². The SMILES string of the molecule is O=C1C(=Cc2ccc(-c3ccc(Cl)c(Cl)c3)o2)SC(=S)N1CCc1ccccc1. The van der Waals surface area contributed by atoms with Crippen LogP contribution < -0.4 is 0 Å². The van der Waals surface area contributed by atoms with Gasteiger partial charge >= 0.3 is 0 Å². The maximum atomic E-state index is 12.8. The zero-order valence-corrected chi connectivity index (χ0v) is 18.2. The minimum absolute atomic E-state index is 0.0941. The molecule has 0 aliphatic carbocycles. The number of furan rings is 1. The van der Waals surface area contributed by atoms with Crippen molar-refractivity contribution in [2.75, 3.05) is 6.54 Å². The maximum Gasteiger partial charge on any atom is 0.266 e. The molecule has 2 aromatic carbocycles. The first-order valence-electron chi connectivity index (χ1n) is 8.86. The summed E-state index contributed by atoms with van der Waals surface area (Å²) in [6, 6.07) is 19.0. The Balaban J connectivity index is 1.48. The molecule has 2 heterocycles. The van der Waals surface area contributed by atoms with Gasteiger partial charge in [-0.2, -0.15) is 0 Å². The summed E-state index contributed by atoms with van der Waals surface area (Å²) >= 11 is 18.7. The van der Waals surface area contributed by atoms with Crippen LogP contribution in [0.25, 0.3) is 17.4 Å². The van der Waals surface area contributed by atoms with E-state index in [0.717, 1.165) is 12.0 Å². The summed E-state index contributed by atoms with van der Waals surface area (Å²) in [5.41, 5.74) is 1.98. The molecule has 1 amide bonds. The van der Waals surface area contributed by atoms with Crippen molar-refractivity contribution in [3.05, 3.63) is 86.9 Å². The maximum absolute atomic E-state index is 12.8. The smallest absolute Gasteiger partial charge is 0.266 e. The number of rotatable bonds is 5. The molecule has 3 nitrogen and oxygen atoms in total. The molecule has 1 aliphatic heterocycles. The molecule has 4 rings (SSSR count). The number of halogens is 2. The fourth-order valence-electron chi connectivity index (χ4n) is 2.94. The molecule has 3 aromatic rings. The number of thiocarbonyl (C=S) groups is 1. The zero-order valence-electron chi connectivity index (χ0n) is 15.1. The van der Waals surface area contributed by atoms with Gasteiger partial charge < -0.3 is 4.42 Å². The van der Waals surface area contributed by atoms with Crippen LogP contribution in [0.1, 0.15) is 11.3 Å². The van der Waals surface area contributed by atoms with E-state index >= 15 is 0 Å². The molecule has 0 saturated carbocycles. The van der Waals surface area contributed by atoms with E-state index in [1.807, 2.05) is 48.5 Å². The Labute approximate surface area is 188 Å². The van der Waals surface area contributed by atoms with Crippen LogP contribution in [-0.2, 0) is 11.2 Å². The fourth-order valence-corrected chi connectivity index (χ4v) is 4.53. The summed E-state index contributed by atoms with van der Waals surface area (Å²) < 4.78 is 6.43. The summed E-state index contributed by atoms with van der Waals surface area (Å²) in [5, 5.41) is 0.947. The molecular weight excluding hydrogens is 445 g/mol. The van der Waals surface area contributed by atoms with E-state index in [0.29, 0.717) is 37.3 Å². The van der Waals surface area contributed by atoms with E-state index in [2.05, 4.69) is 0 Å². The van der Waals surface area contributed by atoms with Crippen LogP contribution in [0, 0.1) is 0 Å². The van der Waals surface area contributed by atoms with Crippen molar-refractivity contribution in [1.82, 2.24) is 4.90 Å². The number of hydrogen-bond acceptors (Lipinski definition) is 4. The van der Waals surface area contributed by atoms with Crippen LogP contribution in [0.15, 0.2) is 70.0 Å². The molecular formula is C22H15Cl2NO2S2. The largest absolute Gasteiger partial charge is 0.457 e. The van der Waals surface area contributed by atoms with Crippen molar-refractivity contribution in [2.24, 2.45) is 0 Å². The predicted molar refractivity (Wildman–Crippen MR) is 124 cm³/mol. The summed E-state index contributed by atoms with van der Waals surface area (Å²) in [4.78, 5) is 15.0. The fraction of sp³-hybridized carbons (Fsp3) is 0.0909. The summed E-state index contributed by atoms with van der Waals surface area (Å²) in [7, 11) is 0. The van der Waals surface area contributed by atoms with Crippen molar-refractivity contribution in [2.45, 2.75) is 6.42 Å². The van der Waals surface area contributed by atoms with Crippen LogP contribution in [0.4, 0.5) is 0 Å². The van der Waals surface area contributed by atoms with Crippen LogP contribution in [-0.4, -0.2) is 21.7 Å². The Bertz CT molecular complexity index is 1110. The van der Waals surface area contributed by atoms with Crippen LogP contribution in [0.3, 0.4) is 0 Å². The van der Waals surface area contributed by atoms with Gasteiger partial charge in [-0.1, -0.05) is 77.5 Å². The Morgan fingerprint density at radius 3 is 2.59 bits per heavy atom. The number of carbonyl (C=O) groups excluding carboxylic acids is 1. The molecule has 1 saturated heterocycles. The van der Waals surface area contributed by atoms with Gasteiger partial charge in [0.2, 0.25) is 0 Å². The lowest BCUT2D eigenvalue weighted by atomic mass is 10.1.